The topological polar surface area (TPSA) is 90.4 Å². The van der Waals surface area contributed by atoms with Crippen LogP contribution in [0.15, 0.2) is 46.9 Å². The van der Waals surface area contributed by atoms with Gasteiger partial charge in [0.2, 0.25) is 0 Å². The Morgan fingerprint density at radius 2 is 1.86 bits per heavy atom. The summed E-state index contributed by atoms with van der Waals surface area (Å²) in [5, 5.41) is 2.45. The SMILES string of the molecule is Cc1nc(NC(=O)c2cc(Oc3ccc(CCN)cc3)ccc2F)oc1C.Cl. The monoisotopic (exact) mass is 405 g/mol. The van der Waals surface area contributed by atoms with Gasteiger partial charge < -0.3 is 14.9 Å². The van der Waals surface area contributed by atoms with Crippen molar-refractivity contribution < 1.29 is 18.3 Å². The van der Waals surface area contributed by atoms with Gasteiger partial charge in [-0.1, -0.05) is 12.1 Å². The molecule has 0 aliphatic carbocycles. The number of benzene rings is 2. The van der Waals surface area contributed by atoms with Crippen LogP contribution in [0.2, 0.25) is 0 Å². The average Bonchev–Trinajstić information content (AvgIpc) is 2.95. The van der Waals surface area contributed by atoms with E-state index in [0.717, 1.165) is 12.0 Å². The summed E-state index contributed by atoms with van der Waals surface area (Å²) in [5.74, 6) is 0.164. The molecule has 0 fully saturated rings. The Labute approximate surface area is 168 Å². The van der Waals surface area contributed by atoms with Crippen molar-refractivity contribution in [2.24, 2.45) is 5.73 Å². The van der Waals surface area contributed by atoms with Crippen molar-refractivity contribution in [3.05, 3.63) is 70.9 Å². The second-order valence-electron chi connectivity index (χ2n) is 6.04. The molecule has 0 atom stereocenters. The molecule has 0 aliphatic heterocycles. The summed E-state index contributed by atoms with van der Waals surface area (Å²) in [6.45, 7) is 4.05. The molecule has 1 aromatic heterocycles. The minimum atomic E-state index is -0.669. The van der Waals surface area contributed by atoms with Gasteiger partial charge in [-0.05, 0) is 62.7 Å². The first kappa shape index (κ1) is 21.4. The molecule has 1 amide bonds. The largest absolute Gasteiger partial charge is 0.457 e. The molecule has 8 heteroatoms. The van der Waals surface area contributed by atoms with Gasteiger partial charge in [0.1, 0.15) is 23.1 Å². The highest BCUT2D eigenvalue weighted by Gasteiger charge is 2.16. The van der Waals surface area contributed by atoms with Gasteiger partial charge in [0.25, 0.3) is 5.91 Å². The normalized spacial score (nSPS) is 10.3. The van der Waals surface area contributed by atoms with E-state index in [1.807, 2.05) is 12.1 Å². The number of nitrogens with two attached hydrogens (primary N) is 1. The first-order chi connectivity index (χ1) is 13.0. The van der Waals surface area contributed by atoms with Gasteiger partial charge in [-0.3, -0.25) is 10.1 Å². The van der Waals surface area contributed by atoms with E-state index in [1.54, 1.807) is 26.0 Å². The second-order valence-corrected chi connectivity index (χ2v) is 6.04. The maximum absolute atomic E-state index is 14.1. The van der Waals surface area contributed by atoms with E-state index in [9.17, 15) is 9.18 Å². The Morgan fingerprint density at radius 3 is 2.46 bits per heavy atom. The lowest BCUT2D eigenvalue weighted by Gasteiger charge is -2.09. The average molecular weight is 406 g/mol. The van der Waals surface area contributed by atoms with E-state index in [1.165, 1.54) is 18.2 Å². The van der Waals surface area contributed by atoms with Crippen LogP contribution in [-0.2, 0) is 6.42 Å². The lowest BCUT2D eigenvalue weighted by Crippen LogP contribution is -2.14. The van der Waals surface area contributed by atoms with Crippen molar-refractivity contribution in [3.63, 3.8) is 0 Å². The van der Waals surface area contributed by atoms with E-state index in [4.69, 9.17) is 14.9 Å². The van der Waals surface area contributed by atoms with Crippen molar-refractivity contribution in [2.45, 2.75) is 20.3 Å². The van der Waals surface area contributed by atoms with E-state index in [0.29, 0.717) is 29.5 Å². The van der Waals surface area contributed by atoms with E-state index < -0.39 is 11.7 Å². The fourth-order valence-corrected chi connectivity index (χ4v) is 2.46. The number of nitrogens with one attached hydrogen (secondary N) is 1. The number of carbonyl (C=O) groups is 1. The Morgan fingerprint density at radius 1 is 1.18 bits per heavy atom. The molecule has 0 radical (unpaired) electrons. The van der Waals surface area contributed by atoms with Crippen LogP contribution in [0.25, 0.3) is 0 Å². The summed E-state index contributed by atoms with van der Waals surface area (Å²) in [6, 6.07) is 11.4. The standard InChI is InChI=1S/C20H20FN3O3.ClH/c1-12-13(2)26-20(23-12)24-19(25)17-11-16(7-8-18(17)21)27-15-5-3-14(4-6-15)9-10-22;/h3-8,11H,9-10,22H2,1-2H3,(H,23,24,25);1H. The molecule has 1 heterocycles. The highest BCUT2D eigenvalue weighted by molar-refractivity contribution is 6.03. The van der Waals surface area contributed by atoms with Crippen LogP contribution in [0.1, 0.15) is 27.4 Å². The number of aromatic nitrogens is 1. The van der Waals surface area contributed by atoms with Crippen LogP contribution in [0.4, 0.5) is 10.4 Å². The summed E-state index contributed by atoms with van der Waals surface area (Å²) >= 11 is 0. The number of oxazole rings is 1. The van der Waals surface area contributed by atoms with Crippen molar-refractivity contribution >= 4 is 24.3 Å². The molecule has 28 heavy (non-hydrogen) atoms. The van der Waals surface area contributed by atoms with E-state index in [2.05, 4.69) is 10.3 Å². The molecule has 0 aliphatic rings. The lowest BCUT2D eigenvalue weighted by molar-refractivity contribution is 0.102. The van der Waals surface area contributed by atoms with Crippen molar-refractivity contribution in [3.8, 4) is 11.5 Å². The van der Waals surface area contributed by atoms with Crippen LogP contribution in [0.5, 0.6) is 11.5 Å². The molecular formula is C20H21ClFN3O3. The highest BCUT2D eigenvalue weighted by atomic mass is 35.5. The van der Waals surface area contributed by atoms with Crippen molar-refractivity contribution in [1.82, 2.24) is 4.98 Å². The van der Waals surface area contributed by atoms with Crippen LogP contribution in [-0.4, -0.2) is 17.4 Å². The quantitative estimate of drug-likeness (QED) is 0.634. The Kier molecular flexibility index (Phi) is 7.14. The molecule has 2 aromatic carbocycles. The lowest BCUT2D eigenvalue weighted by atomic mass is 10.1. The summed E-state index contributed by atoms with van der Waals surface area (Å²) in [5.41, 5.74) is 7.12. The van der Waals surface area contributed by atoms with Gasteiger partial charge >= 0.3 is 6.01 Å². The molecular weight excluding hydrogens is 385 g/mol. The Bertz CT molecular complexity index is 938. The molecule has 0 unspecified atom stereocenters. The first-order valence-corrected chi connectivity index (χ1v) is 8.48. The Hall–Kier alpha value is -2.90. The Balaban J connectivity index is 0.00000280. The molecule has 0 saturated heterocycles. The summed E-state index contributed by atoms with van der Waals surface area (Å²) in [7, 11) is 0. The van der Waals surface area contributed by atoms with Gasteiger partial charge in [-0.2, -0.15) is 4.98 Å². The highest BCUT2D eigenvalue weighted by Crippen LogP contribution is 2.25. The van der Waals surface area contributed by atoms with Gasteiger partial charge in [0, 0.05) is 0 Å². The first-order valence-electron chi connectivity index (χ1n) is 8.48. The van der Waals surface area contributed by atoms with Crippen molar-refractivity contribution in [1.29, 1.82) is 0 Å². The van der Waals surface area contributed by atoms with Crippen LogP contribution in [0.3, 0.4) is 0 Å². The number of nitrogens with zero attached hydrogens (tertiary/aromatic N) is 1. The number of ether oxygens (including phenoxy) is 1. The fourth-order valence-electron chi connectivity index (χ4n) is 2.46. The van der Waals surface area contributed by atoms with Crippen molar-refractivity contribution in [2.75, 3.05) is 11.9 Å². The van der Waals surface area contributed by atoms with E-state index in [-0.39, 0.29) is 24.0 Å². The van der Waals surface area contributed by atoms with Gasteiger partial charge in [-0.25, -0.2) is 4.39 Å². The second kappa shape index (κ2) is 9.34. The number of aryl methyl sites for hydroxylation is 2. The smallest absolute Gasteiger partial charge is 0.302 e. The third kappa shape index (κ3) is 5.09. The number of carbonyl (C=O) groups excluding carboxylic acids is 1. The molecule has 0 bridgehead atoms. The summed E-state index contributed by atoms with van der Waals surface area (Å²) in [6.07, 6.45) is 0.779. The summed E-state index contributed by atoms with van der Waals surface area (Å²) in [4.78, 5) is 16.4. The minimum Gasteiger partial charge on any atom is -0.457 e. The molecule has 3 rings (SSSR count). The third-order valence-corrected chi connectivity index (χ3v) is 4.02. The predicted molar refractivity (Wildman–Crippen MR) is 107 cm³/mol. The number of rotatable bonds is 6. The van der Waals surface area contributed by atoms with Crippen LogP contribution < -0.4 is 15.8 Å². The van der Waals surface area contributed by atoms with Crippen LogP contribution >= 0.6 is 12.4 Å². The van der Waals surface area contributed by atoms with Gasteiger partial charge in [0.05, 0.1) is 11.3 Å². The van der Waals surface area contributed by atoms with E-state index >= 15 is 0 Å². The number of halogens is 2. The van der Waals surface area contributed by atoms with Gasteiger partial charge in [0.15, 0.2) is 0 Å². The maximum atomic E-state index is 14.1. The number of hydrogen-bond acceptors (Lipinski definition) is 5. The zero-order valence-electron chi connectivity index (χ0n) is 15.5. The third-order valence-electron chi connectivity index (χ3n) is 4.02. The molecule has 0 saturated carbocycles. The van der Waals surface area contributed by atoms with Gasteiger partial charge in [-0.15, -0.1) is 12.4 Å². The minimum absolute atomic E-state index is 0. The van der Waals surface area contributed by atoms with Crippen LogP contribution in [0, 0.1) is 19.7 Å². The number of hydrogen-bond donors (Lipinski definition) is 2. The zero-order chi connectivity index (χ0) is 19.4. The summed E-state index contributed by atoms with van der Waals surface area (Å²) < 4.78 is 25.1. The molecule has 0 spiro atoms. The predicted octanol–water partition coefficient (Wildman–Crippen LogP) is 4.40. The number of anilines is 1. The molecule has 148 valence electrons. The number of amides is 1. The molecule has 3 N–H and O–H groups in total. The molecule has 3 aromatic rings. The zero-order valence-corrected chi connectivity index (χ0v) is 16.3. The molecule has 6 nitrogen and oxygen atoms in total. The maximum Gasteiger partial charge on any atom is 0.302 e. The fraction of sp³-hybridized carbons (Fsp3) is 0.200.